The van der Waals surface area contributed by atoms with Gasteiger partial charge in [0.15, 0.2) is 0 Å². The Bertz CT molecular complexity index is 1680. The highest BCUT2D eigenvalue weighted by molar-refractivity contribution is 7.92. The van der Waals surface area contributed by atoms with Gasteiger partial charge in [0, 0.05) is 24.5 Å². The van der Waals surface area contributed by atoms with Gasteiger partial charge in [-0.15, -0.1) is 0 Å². The fraction of sp³-hybridized carbons (Fsp3) is 0.257. The van der Waals surface area contributed by atoms with Gasteiger partial charge in [0.25, 0.3) is 10.0 Å². The van der Waals surface area contributed by atoms with Crippen LogP contribution in [0.4, 0.5) is 5.69 Å². The van der Waals surface area contributed by atoms with Crippen molar-refractivity contribution in [3.63, 3.8) is 0 Å². The number of anilines is 1. The van der Waals surface area contributed by atoms with Crippen LogP contribution in [0, 0.1) is 13.8 Å². The Morgan fingerprint density at radius 3 is 2.16 bits per heavy atom. The molecular weight excluding hydrogens is 594 g/mol. The zero-order chi connectivity index (χ0) is 31.7. The summed E-state index contributed by atoms with van der Waals surface area (Å²) in [6.45, 7) is 5.57. The van der Waals surface area contributed by atoms with E-state index in [0.29, 0.717) is 28.4 Å². The Morgan fingerprint density at radius 1 is 0.864 bits per heavy atom. The van der Waals surface area contributed by atoms with E-state index in [1.807, 2.05) is 69.3 Å². The Labute approximate surface area is 265 Å². The van der Waals surface area contributed by atoms with E-state index in [2.05, 4.69) is 5.32 Å². The number of aryl methyl sites for hydroxylation is 2. The molecule has 0 unspecified atom stereocenters. The molecule has 0 aliphatic carbocycles. The first-order chi connectivity index (χ1) is 21.1. The smallest absolute Gasteiger partial charge is 0.264 e. The molecule has 0 spiro atoms. The number of hydrogen-bond donors (Lipinski definition) is 1. The highest BCUT2D eigenvalue weighted by atomic mass is 35.5. The molecule has 2 amide bonds. The Hall–Kier alpha value is -4.14. The SMILES string of the molecule is CCCNC(=O)[C@@H](Cc1ccccc1)N(Cc1ccccc1Cl)C(=O)CN(c1cc(C)ccc1C)S(=O)(=O)c1ccccc1. The van der Waals surface area contributed by atoms with E-state index in [-0.39, 0.29) is 23.8 Å². The molecule has 0 radical (unpaired) electrons. The van der Waals surface area contributed by atoms with Crippen molar-refractivity contribution in [1.82, 2.24) is 10.2 Å². The van der Waals surface area contributed by atoms with E-state index in [1.54, 1.807) is 42.5 Å². The number of sulfonamides is 1. The lowest BCUT2D eigenvalue weighted by Crippen LogP contribution is -2.53. The molecule has 0 aliphatic heterocycles. The van der Waals surface area contributed by atoms with E-state index >= 15 is 0 Å². The van der Waals surface area contributed by atoms with Gasteiger partial charge < -0.3 is 10.2 Å². The van der Waals surface area contributed by atoms with E-state index in [1.165, 1.54) is 17.0 Å². The molecular formula is C35H38ClN3O4S. The summed E-state index contributed by atoms with van der Waals surface area (Å²) < 4.78 is 29.5. The molecule has 0 saturated carbocycles. The fourth-order valence-corrected chi connectivity index (χ4v) is 6.64. The number of hydrogen-bond acceptors (Lipinski definition) is 4. The highest BCUT2D eigenvalue weighted by Gasteiger charge is 2.35. The quantitative estimate of drug-likeness (QED) is 0.187. The standard InChI is InChI=1S/C35H38ClN3O4S/c1-4-21-37-35(41)33(23-28-13-7-5-8-14-28)38(24-29-15-11-12-18-31(29)36)34(40)25-39(32-22-26(2)19-20-27(32)3)44(42,43)30-16-9-6-10-17-30/h5-20,22,33H,4,21,23-25H2,1-3H3,(H,37,41)/t33-/m1/s1. The van der Waals surface area contributed by atoms with Crippen LogP contribution in [-0.4, -0.2) is 44.3 Å². The topological polar surface area (TPSA) is 86.8 Å². The van der Waals surface area contributed by atoms with Crippen molar-refractivity contribution in [1.29, 1.82) is 0 Å². The van der Waals surface area contributed by atoms with Gasteiger partial charge in [0.2, 0.25) is 11.8 Å². The second kappa shape index (κ2) is 15.0. The van der Waals surface area contributed by atoms with Crippen molar-refractivity contribution in [2.45, 2.75) is 51.1 Å². The van der Waals surface area contributed by atoms with Crippen molar-refractivity contribution in [2.24, 2.45) is 0 Å². The summed E-state index contributed by atoms with van der Waals surface area (Å²) >= 11 is 6.55. The number of amides is 2. The number of nitrogens with one attached hydrogen (secondary N) is 1. The minimum Gasteiger partial charge on any atom is -0.354 e. The first kappa shape index (κ1) is 32.8. The van der Waals surface area contributed by atoms with E-state index in [0.717, 1.165) is 21.9 Å². The predicted molar refractivity (Wildman–Crippen MR) is 176 cm³/mol. The molecule has 44 heavy (non-hydrogen) atoms. The van der Waals surface area contributed by atoms with Crippen LogP contribution in [0.3, 0.4) is 0 Å². The third kappa shape index (κ3) is 8.07. The molecule has 0 aliphatic rings. The van der Waals surface area contributed by atoms with Gasteiger partial charge in [-0.05, 0) is 66.8 Å². The average Bonchev–Trinajstić information content (AvgIpc) is 3.03. The third-order valence-electron chi connectivity index (χ3n) is 7.36. The van der Waals surface area contributed by atoms with Crippen LogP contribution >= 0.6 is 11.6 Å². The van der Waals surface area contributed by atoms with Crippen LogP contribution in [-0.2, 0) is 32.6 Å². The number of carbonyl (C=O) groups excluding carboxylic acids is 2. The Morgan fingerprint density at radius 2 is 1.50 bits per heavy atom. The van der Waals surface area contributed by atoms with Crippen molar-refractivity contribution in [3.8, 4) is 0 Å². The normalized spacial score (nSPS) is 11.9. The van der Waals surface area contributed by atoms with Crippen LogP contribution in [0.1, 0.15) is 35.6 Å². The summed E-state index contributed by atoms with van der Waals surface area (Å²) in [7, 11) is -4.16. The zero-order valence-electron chi connectivity index (χ0n) is 25.2. The van der Waals surface area contributed by atoms with Gasteiger partial charge in [0.05, 0.1) is 10.6 Å². The van der Waals surface area contributed by atoms with Crippen LogP contribution in [0.2, 0.25) is 5.02 Å². The number of halogens is 1. The van der Waals surface area contributed by atoms with Crippen LogP contribution in [0.15, 0.2) is 108 Å². The van der Waals surface area contributed by atoms with Gasteiger partial charge >= 0.3 is 0 Å². The molecule has 1 N–H and O–H groups in total. The lowest BCUT2D eigenvalue weighted by molar-refractivity contribution is -0.140. The Balaban J connectivity index is 1.83. The molecule has 4 rings (SSSR count). The van der Waals surface area contributed by atoms with Gasteiger partial charge in [-0.2, -0.15) is 0 Å². The Kier molecular flexibility index (Phi) is 11.2. The van der Waals surface area contributed by atoms with Crippen LogP contribution in [0.25, 0.3) is 0 Å². The van der Waals surface area contributed by atoms with Gasteiger partial charge in [-0.1, -0.05) is 97.4 Å². The molecule has 0 bridgehead atoms. The largest absolute Gasteiger partial charge is 0.354 e. The second-order valence-corrected chi connectivity index (χ2v) is 13.0. The molecule has 4 aromatic carbocycles. The molecule has 230 valence electrons. The van der Waals surface area contributed by atoms with Gasteiger partial charge in [-0.3, -0.25) is 13.9 Å². The van der Waals surface area contributed by atoms with E-state index < -0.39 is 28.5 Å². The summed E-state index contributed by atoms with van der Waals surface area (Å²) in [4.78, 5) is 29.8. The summed E-state index contributed by atoms with van der Waals surface area (Å²) in [6.07, 6.45) is 0.958. The van der Waals surface area contributed by atoms with Crippen molar-refractivity contribution >= 4 is 39.1 Å². The highest BCUT2D eigenvalue weighted by Crippen LogP contribution is 2.29. The van der Waals surface area contributed by atoms with Crippen LogP contribution in [0.5, 0.6) is 0 Å². The summed E-state index contributed by atoms with van der Waals surface area (Å²) in [6, 6.07) is 29.2. The molecule has 9 heteroatoms. The van der Waals surface area contributed by atoms with Gasteiger partial charge in [0.1, 0.15) is 12.6 Å². The second-order valence-electron chi connectivity index (χ2n) is 10.7. The number of rotatable bonds is 13. The summed E-state index contributed by atoms with van der Waals surface area (Å²) in [5.41, 5.74) is 3.45. The first-order valence-corrected chi connectivity index (χ1v) is 16.4. The maximum absolute atomic E-state index is 14.5. The van der Waals surface area contributed by atoms with Crippen molar-refractivity contribution in [3.05, 3.63) is 130 Å². The van der Waals surface area contributed by atoms with Crippen molar-refractivity contribution < 1.29 is 18.0 Å². The molecule has 7 nitrogen and oxygen atoms in total. The maximum Gasteiger partial charge on any atom is 0.264 e. The van der Waals surface area contributed by atoms with Crippen LogP contribution < -0.4 is 9.62 Å². The summed E-state index contributed by atoms with van der Waals surface area (Å²) in [5.74, 6) is -0.849. The number of benzene rings is 4. The minimum atomic E-state index is -4.16. The lowest BCUT2D eigenvalue weighted by Gasteiger charge is -2.34. The van der Waals surface area contributed by atoms with E-state index in [9.17, 15) is 18.0 Å². The van der Waals surface area contributed by atoms with Gasteiger partial charge in [-0.25, -0.2) is 8.42 Å². The van der Waals surface area contributed by atoms with E-state index in [4.69, 9.17) is 11.6 Å². The fourth-order valence-electron chi connectivity index (χ4n) is 4.95. The monoisotopic (exact) mass is 631 g/mol. The number of nitrogens with zero attached hydrogens (tertiary/aromatic N) is 2. The lowest BCUT2D eigenvalue weighted by atomic mass is 10.0. The zero-order valence-corrected chi connectivity index (χ0v) is 26.8. The molecule has 1 atom stereocenters. The molecule has 0 fully saturated rings. The molecule has 0 saturated heterocycles. The average molecular weight is 632 g/mol. The first-order valence-electron chi connectivity index (χ1n) is 14.6. The number of carbonyl (C=O) groups is 2. The summed E-state index contributed by atoms with van der Waals surface area (Å²) in [5, 5.41) is 3.39. The minimum absolute atomic E-state index is 0.0155. The predicted octanol–water partition coefficient (Wildman–Crippen LogP) is 6.32. The van der Waals surface area contributed by atoms with Crippen molar-refractivity contribution in [2.75, 3.05) is 17.4 Å². The maximum atomic E-state index is 14.5. The molecule has 4 aromatic rings. The molecule has 0 aromatic heterocycles. The third-order valence-corrected chi connectivity index (χ3v) is 9.50. The molecule has 0 heterocycles.